The van der Waals surface area contributed by atoms with Crippen LogP contribution in [0.25, 0.3) is 0 Å². The van der Waals surface area contributed by atoms with E-state index in [4.69, 9.17) is 14.3 Å². The summed E-state index contributed by atoms with van der Waals surface area (Å²) in [5.74, 6) is 1.66. The van der Waals surface area contributed by atoms with Crippen LogP contribution in [-0.4, -0.2) is 5.11 Å². The van der Waals surface area contributed by atoms with Gasteiger partial charge >= 0.3 is 0 Å². The second kappa shape index (κ2) is 4.19. The molecule has 0 amide bonds. The zero-order valence-electron chi connectivity index (χ0n) is 8.43. The Kier molecular flexibility index (Phi) is 2.74. The number of furan rings is 1. The van der Waals surface area contributed by atoms with Crippen molar-refractivity contribution in [3.05, 3.63) is 47.7 Å². The highest BCUT2D eigenvalue weighted by Gasteiger charge is 2.04. The molecule has 78 valence electrons. The van der Waals surface area contributed by atoms with Crippen molar-refractivity contribution < 1.29 is 14.3 Å². The summed E-state index contributed by atoms with van der Waals surface area (Å²) in [5, 5.41) is 8.82. The average Bonchev–Trinajstić information content (AvgIpc) is 2.69. The second-order valence-electron chi connectivity index (χ2n) is 3.25. The van der Waals surface area contributed by atoms with Crippen LogP contribution < -0.4 is 4.74 Å². The molecule has 1 heterocycles. The summed E-state index contributed by atoms with van der Waals surface area (Å²) in [4.78, 5) is 0. The predicted molar refractivity (Wildman–Crippen MR) is 55.9 cm³/mol. The molecule has 3 heteroatoms. The number of benzene rings is 1. The van der Waals surface area contributed by atoms with Gasteiger partial charge in [0.1, 0.15) is 18.1 Å². The fourth-order valence-electron chi connectivity index (χ4n) is 1.28. The van der Waals surface area contributed by atoms with Gasteiger partial charge in [0.2, 0.25) is 0 Å². The Balaban J connectivity index is 2.18. The van der Waals surface area contributed by atoms with Crippen LogP contribution in [-0.2, 0) is 6.61 Å². The molecule has 0 saturated carbocycles. The van der Waals surface area contributed by atoms with Crippen LogP contribution in [0.4, 0.5) is 0 Å². The van der Waals surface area contributed by atoms with Gasteiger partial charge in [-0.3, -0.25) is 0 Å². The van der Waals surface area contributed by atoms with Gasteiger partial charge in [0.05, 0.1) is 0 Å². The molecular formula is C12H12O3. The zero-order chi connectivity index (χ0) is 10.7. The first-order chi connectivity index (χ1) is 7.29. The third-order valence-corrected chi connectivity index (χ3v) is 2.10. The highest BCUT2D eigenvalue weighted by molar-refractivity contribution is 5.34. The first-order valence-electron chi connectivity index (χ1n) is 4.72. The fraction of sp³-hybridized carbons (Fsp3) is 0.167. The van der Waals surface area contributed by atoms with E-state index in [9.17, 15) is 0 Å². The smallest absolute Gasteiger partial charge is 0.290 e. The average molecular weight is 204 g/mol. The number of para-hydroxylation sites is 1. The monoisotopic (exact) mass is 204 g/mol. The van der Waals surface area contributed by atoms with E-state index in [1.54, 1.807) is 12.1 Å². The van der Waals surface area contributed by atoms with E-state index in [1.165, 1.54) is 0 Å². The second-order valence-corrected chi connectivity index (χ2v) is 3.25. The van der Waals surface area contributed by atoms with E-state index in [-0.39, 0.29) is 6.61 Å². The van der Waals surface area contributed by atoms with Gasteiger partial charge in [0, 0.05) is 6.07 Å². The number of rotatable bonds is 3. The summed E-state index contributed by atoms with van der Waals surface area (Å²) in [6.45, 7) is 1.85. The van der Waals surface area contributed by atoms with Crippen LogP contribution >= 0.6 is 0 Å². The van der Waals surface area contributed by atoms with Gasteiger partial charge in [-0.15, -0.1) is 0 Å². The highest BCUT2D eigenvalue weighted by atomic mass is 16.6. The topological polar surface area (TPSA) is 42.6 Å². The summed E-state index contributed by atoms with van der Waals surface area (Å²) in [6, 6.07) is 11.1. The summed E-state index contributed by atoms with van der Waals surface area (Å²) < 4.78 is 10.7. The fourth-order valence-corrected chi connectivity index (χ4v) is 1.28. The van der Waals surface area contributed by atoms with Gasteiger partial charge in [-0.1, -0.05) is 18.2 Å². The third kappa shape index (κ3) is 2.19. The molecule has 2 rings (SSSR count). The molecule has 0 radical (unpaired) electrons. The molecular weight excluding hydrogens is 192 g/mol. The van der Waals surface area contributed by atoms with Gasteiger partial charge in [0.15, 0.2) is 0 Å². The largest absolute Gasteiger partial charge is 0.428 e. The minimum absolute atomic E-state index is 0.114. The Hall–Kier alpha value is -1.74. The molecule has 2 aromatic rings. The van der Waals surface area contributed by atoms with Crippen molar-refractivity contribution in [3.8, 4) is 11.7 Å². The lowest BCUT2D eigenvalue weighted by atomic mass is 10.2. The van der Waals surface area contributed by atoms with Crippen LogP contribution in [0.2, 0.25) is 0 Å². The van der Waals surface area contributed by atoms with Gasteiger partial charge in [-0.05, 0) is 24.6 Å². The van der Waals surface area contributed by atoms with Crippen molar-refractivity contribution in [1.82, 2.24) is 0 Å². The third-order valence-electron chi connectivity index (χ3n) is 2.10. The molecule has 3 nitrogen and oxygen atoms in total. The molecule has 0 saturated heterocycles. The zero-order valence-corrected chi connectivity index (χ0v) is 8.43. The molecule has 1 aromatic carbocycles. The Morgan fingerprint density at radius 3 is 2.67 bits per heavy atom. The van der Waals surface area contributed by atoms with Crippen molar-refractivity contribution >= 4 is 0 Å². The first kappa shape index (κ1) is 9.80. The van der Waals surface area contributed by atoms with Gasteiger partial charge in [-0.25, -0.2) is 0 Å². The lowest BCUT2D eigenvalue weighted by Gasteiger charge is -2.04. The standard InChI is InChI=1S/C12H12O3/c1-9-4-2-3-5-11(9)15-12-7-6-10(8-13)14-12/h2-7,13H,8H2,1H3. The Bertz CT molecular complexity index is 446. The predicted octanol–water partition coefficient (Wildman–Crippen LogP) is 2.87. The number of aryl methyl sites for hydroxylation is 1. The lowest BCUT2D eigenvalue weighted by Crippen LogP contribution is -1.84. The minimum atomic E-state index is -0.114. The van der Waals surface area contributed by atoms with E-state index in [0.717, 1.165) is 11.3 Å². The quantitative estimate of drug-likeness (QED) is 0.835. The van der Waals surface area contributed by atoms with E-state index >= 15 is 0 Å². The Morgan fingerprint density at radius 1 is 1.20 bits per heavy atom. The molecule has 0 bridgehead atoms. The van der Waals surface area contributed by atoms with E-state index in [1.807, 2.05) is 31.2 Å². The molecule has 1 aromatic heterocycles. The van der Waals surface area contributed by atoms with Gasteiger partial charge in [0.25, 0.3) is 5.95 Å². The number of hydrogen-bond donors (Lipinski definition) is 1. The van der Waals surface area contributed by atoms with Crippen LogP contribution in [0.3, 0.4) is 0 Å². The summed E-state index contributed by atoms with van der Waals surface area (Å²) in [7, 11) is 0. The number of aliphatic hydroxyl groups excluding tert-OH is 1. The molecule has 1 N–H and O–H groups in total. The number of hydrogen-bond acceptors (Lipinski definition) is 3. The number of ether oxygens (including phenoxy) is 1. The molecule has 0 aliphatic carbocycles. The van der Waals surface area contributed by atoms with Crippen LogP contribution in [0.5, 0.6) is 11.7 Å². The van der Waals surface area contributed by atoms with Crippen molar-refractivity contribution in [2.75, 3.05) is 0 Å². The normalized spacial score (nSPS) is 10.3. The van der Waals surface area contributed by atoms with Crippen LogP contribution in [0, 0.1) is 6.92 Å². The highest BCUT2D eigenvalue weighted by Crippen LogP contribution is 2.26. The maximum absolute atomic E-state index is 8.82. The van der Waals surface area contributed by atoms with E-state index in [0.29, 0.717) is 11.7 Å². The van der Waals surface area contributed by atoms with Crippen molar-refractivity contribution in [2.24, 2.45) is 0 Å². The number of aliphatic hydroxyl groups is 1. The Labute approximate surface area is 87.9 Å². The molecule has 0 atom stereocenters. The maximum Gasteiger partial charge on any atom is 0.290 e. The van der Waals surface area contributed by atoms with Crippen LogP contribution in [0.15, 0.2) is 40.8 Å². The Morgan fingerprint density at radius 2 is 2.00 bits per heavy atom. The molecule has 0 fully saturated rings. The molecule has 0 aliphatic rings. The van der Waals surface area contributed by atoms with E-state index < -0.39 is 0 Å². The first-order valence-corrected chi connectivity index (χ1v) is 4.72. The molecule has 0 aliphatic heterocycles. The maximum atomic E-state index is 8.82. The van der Waals surface area contributed by atoms with Crippen molar-refractivity contribution in [2.45, 2.75) is 13.5 Å². The van der Waals surface area contributed by atoms with E-state index in [2.05, 4.69) is 0 Å². The summed E-state index contributed by atoms with van der Waals surface area (Å²) in [5.41, 5.74) is 1.04. The summed E-state index contributed by atoms with van der Waals surface area (Å²) in [6.07, 6.45) is 0. The molecule has 0 unspecified atom stereocenters. The minimum Gasteiger partial charge on any atom is -0.428 e. The van der Waals surface area contributed by atoms with Gasteiger partial charge in [-0.2, -0.15) is 0 Å². The molecule has 0 spiro atoms. The van der Waals surface area contributed by atoms with Crippen LogP contribution in [0.1, 0.15) is 11.3 Å². The van der Waals surface area contributed by atoms with Gasteiger partial charge < -0.3 is 14.3 Å². The summed E-state index contributed by atoms with van der Waals surface area (Å²) >= 11 is 0. The lowest BCUT2D eigenvalue weighted by molar-refractivity contribution is 0.231. The van der Waals surface area contributed by atoms with Crippen molar-refractivity contribution in [3.63, 3.8) is 0 Å². The molecule has 15 heavy (non-hydrogen) atoms. The SMILES string of the molecule is Cc1ccccc1Oc1ccc(CO)o1. The van der Waals surface area contributed by atoms with Crippen molar-refractivity contribution in [1.29, 1.82) is 0 Å².